The number of rotatable bonds is 7. The van der Waals surface area contributed by atoms with Gasteiger partial charge in [-0.05, 0) is 53.1 Å². The van der Waals surface area contributed by atoms with Crippen molar-refractivity contribution in [3.63, 3.8) is 0 Å². The summed E-state index contributed by atoms with van der Waals surface area (Å²) in [4.78, 5) is 17.5. The average Bonchev–Trinajstić information content (AvgIpc) is 2.74. The molecule has 4 nitrogen and oxygen atoms in total. The van der Waals surface area contributed by atoms with E-state index in [2.05, 4.69) is 4.99 Å². The molecule has 0 unspecified atom stereocenters. The molecule has 1 atom stereocenters. The van der Waals surface area contributed by atoms with Crippen LogP contribution >= 0.6 is 0 Å². The second kappa shape index (κ2) is 9.45. The molecule has 0 radical (unpaired) electrons. The number of Topliss-reactive ketones (excluding diaryl/α,β-unsaturated/α-hetero) is 1. The van der Waals surface area contributed by atoms with Gasteiger partial charge < -0.3 is 22.7 Å². The van der Waals surface area contributed by atoms with E-state index in [1.807, 2.05) is 0 Å². The van der Waals surface area contributed by atoms with Gasteiger partial charge in [-0.25, -0.2) is 8.78 Å². The number of pyridine rings is 1. The molecule has 0 bridgehead atoms. The van der Waals surface area contributed by atoms with Crippen LogP contribution in [0.5, 0.6) is 0 Å². The van der Waals surface area contributed by atoms with E-state index in [9.17, 15) is 18.7 Å². The van der Waals surface area contributed by atoms with Crippen LogP contribution in [0.15, 0.2) is 78.0 Å². The molecule has 0 saturated heterocycles. The minimum atomic E-state index is -0.942. The van der Waals surface area contributed by atoms with E-state index in [1.165, 1.54) is 36.4 Å². The number of aliphatic hydroxyl groups excluding tert-OH is 1. The van der Waals surface area contributed by atoms with E-state index in [0.717, 1.165) is 5.56 Å². The van der Waals surface area contributed by atoms with Crippen molar-refractivity contribution in [1.29, 1.82) is 0 Å². The Balaban J connectivity index is 1.96. The predicted molar refractivity (Wildman–Crippen MR) is 107 cm³/mol. The highest BCUT2D eigenvalue weighted by Crippen LogP contribution is 2.14. The van der Waals surface area contributed by atoms with E-state index in [0.29, 0.717) is 5.56 Å². The van der Waals surface area contributed by atoms with E-state index in [1.54, 1.807) is 41.2 Å². The number of carbonyl (C=O) groups is 1. The smallest absolute Gasteiger partial charge is 0.237 e. The number of halogens is 2. The standard InChI is InChI=1S/C22H18F2N2O2S/c23-18-7-3-15(4-8-18)12-25-22(29)20(26-11-1-2-16(13-26)14-27)21(28)17-5-9-19(24)10-6-17/h1-11,13,20,27H,12,14H2/t20-/m1/s1. The third-order valence-corrected chi connectivity index (χ3v) is 4.66. The lowest BCUT2D eigenvalue weighted by molar-refractivity contribution is -0.692. The molecule has 1 aromatic heterocycles. The van der Waals surface area contributed by atoms with Gasteiger partial charge in [0, 0.05) is 17.2 Å². The van der Waals surface area contributed by atoms with E-state index >= 15 is 0 Å². The van der Waals surface area contributed by atoms with Crippen LogP contribution in [0.1, 0.15) is 27.5 Å². The number of nitrogens with zero attached hydrogens (tertiary/aromatic N) is 2. The Morgan fingerprint density at radius 2 is 1.62 bits per heavy atom. The third kappa shape index (κ3) is 5.28. The van der Waals surface area contributed by atoms with Crippen molar-refractivity contribution in [2.24, 2.45) is 4.99 Å². The largest absolute Gasteiger partial charge is 0.758 e. The van der Waals surface area contributed by atoms with Crippen molar-refractivity contribution in [1.82, 2.24) is 0 Å². The lowest BCUT2D eigenvalue weighted by Gasteiger charge is -2.19. The fraction of sp³-hybridized carbons (Fsp3) is 0.136. The van der Waals surface area contributed by atoms with Gasteiger partial charge in [0.2, 0.25) is 11.8 Å². The first-order valence-corrected chi connectivity index (χ1v) is 9.25. The van der Waals surface area contributed by atoms with Gasteiger partial charge in [0.05, 0.1) is 13.2 Å². The van der Waals surface area contributed by atoms with Crippen molar-refractivity contribution >= 4 is 23.5 Å². The molecule has 1 N–H and O–H groups in total. The highest BCUT2D eigenvalue weighted by atomic mass is 32.1. The zero-order valence-corrected chi connectivity index (χ0v) is 16.2. The number of aliphatic imine (C=N–C) groups is 1. The van der Waals surface area contributed by atoms with E-state index < -0.39 is 11.9 Å². The molecule has 0 saturated carbocycles. The lowest BCUT2D eigenvalue weighted by Crippen LogP contribution is -2.48. The zero-order chi connectivity index (χ0) is 20.8. The van der Waals surface area contributed by atoms with Crippen LogP contribution in [0.2, 0.25) is 0 Å². The first-order valence-electron chi connectivity index (χ1n) is 8.84. The first-order chi connectivity index (χ1) is 14.0. The SMILES string of the molecule is O=C(c1ccc(F)cc1)[C@H](C([S-])=NCc1ccc(F)cc1)[n+]1cccc(CO)c1. The van der Waals surface area contributed by atoms with E-state index in [-0.39, 0.29) is 35.4 Å². The molecule has 29 heavy (non-hydrogen) atoms. The van der Waals surface area contributed by atoms with Crippen LogP contribution in [0.4, 0.5) is 8.78 Å². The summed E-state index contributed by atoms with van der Waals surface area (Å²) in [5.74, 6) is -1.15. The van der Waals surface area contributed by atoms with Gasteiger partial charge in [-0.2, -0.15) is 4.57 Å². The van der Waals surface area contributed by atoms with E-state index in [4.69, 9.17) is 12.6 Å². The van der Waals surface area contributed by atoms with Gasteiger partial charge in [0.1, 0.15) is 11.6 Å². The Morgan fingerprint density at radius 3 is 2.24 bits per heavy atom. The molecule has 2 aromatic carbocycles. The lowest BCUT2D eigenvalue weighted by atomic mass is 10.0. The third-order valence-electron chi connectivity index (χ3n) is 4.31. The van der Waals surface area contributed by atoms with Crippen LogP contribution in [0.3, 0.4) is 0 Å². The van der Waals surface area contributed by atoms with Crippen molar-refractivity contribution in [2.75, 3.05) is 0 Å². The number of aliphatic hydroxyl groups is 1. The Kier molecular flexibility index (Phi) is 6.74. The summed E-state index contributed by atoms with van der Waals surface area (Å²) in [6, 6.07) is 13.5. The number of ketones is 1. The summed E-state index contributed by atoms with van der Waals surface area (Å²) in [6.07, 6.45) is 3.27. The Hall–Kier alpha value is -3.03. The molecule has 148 valence electrons. The van der Waals surface area contributed by atoms with Gasteiger partial charge >= 0.3 is 0 Å². The second-order valence-corrected chi connectivity index (χ2v) is 6.79. The summed E-state index contributed by atoms with van der Waals surface area (Å²) in [5.41, 5.74) is 1.64. The Bertz CT molecular complexity index is 1020. The minimum absolute atomic E-state index is 0.128. The van der Waals surface area contributed by atoms with Crippen molar-refractivity contribution in [3.05, 3.63) is 101 Å². The second-order valence-electron chi connectivity index (χ2n) is 6.37. The van der Waals surface area contributed by atoms with Crippen LogP contribution in [-0.2, 0) is 25.8 Å². The highest BCUT2D eigenvalue weighted by molar-refractivity contribution is 7.77. The maximum absolute atomic E-state index is 13.3. The van der Waals surface area contributed by atoms with Crippen LogP contribution in [0.25, 0.3) is 0 Å². The number of carbonyl (C=O) groups excluding carboxylic acids is 1. The maximum atomic E-state index is 13.3. The molecule has 1 heterocycles. The molecular formula is C22H18F2N2O2S. The summed E-state index contributed by atoms with van der Waals surface area (Å²) in [7, 11) is 0. The normalized spacial score (nSPS) is 12.6. The van der Waals surface area contributed by atoms with Crippen LogP contribution in [-0.4, -0.2) is 15.9 Å². The molecule has 0 aliphatic rings. The number of benzene rings is 2. The highest BCUT2D eigenvalue weighted by Gasteiger charge is 2.28. The number of aromatic nitrogens is 1. The Morgan fingerprint density at radius 1 is 1.00 bits per heavy atom. The summed E-state index contributed by atoms with van der Waals surface area (Å²) >= 11 is 5.44. The first kappa shape index (κ1) is 20.7. The van der Waals surface area contributed by atoms with Gasteiger partial charge in [-0.15, -0.1) is 0 Å². The Labute approximate surface area is 172 Å². The molecule has 3 aromatic rings. The molecule has 0 fully saturated rings. The van der Waals surface area contributed by atoms with Crippen molar-refractivity contribution < 1.29 is 23.2 Å². The molecule has 0 spiro atoms. The van der Waals surface area contributed by atoms with Gasteiger partial charge in [-0.1, -0.05) is 12.1 Å². The quantitative estimate of drug-likeness (QED) is 0.213. The van der Waals surface area contributed by atoms with Gasteiger partial charge in [-0.3, -0.25) is 4.79 Å². The van der Waals surface area contributed by atoms with Gasteiger partial charge in [0.25, 0.3) is 0 Å². The molecular weight excluding hydrogens is 394 g/mol. The fourth-order valence-corrected chi connectivity index (χ4v) is 3.08. The monoisotopic (exact) mass is 412 g/mol. The number of hydrogen-bond donors (Lipinski definition) is 1. The van der Waals surface area contributed by atoms with Crippen molar-refractivity contribution in [2.45, 2.75) is 19.2 Å². The summed E-state index contributed by atoms with van der Waals surface area (Å²) < 4.78 is 27.9. The fourth-order valence-electron chi connectivity index (χ4n) is 2.79. The van der Waals surface area contributed by atoms with Gasteiger partial charge in [0.15, 0.2) is 12.4 Å². The molecule has 0 aliphatic heterocycles. The molecule has 7 heteroatoms. The maximum Gasteiger partial charge on any atom is 0.237 e. The molecule has 3 rings (SSSR count). The molecule has 0 aliphatic carbocycles. The number of hydrogen-bond acceptors (Lipinski definition) is 4. The van der Waals surface area contributed by atoms with Crippen LogP contribution in [0, 0.1) is 11.6 Å². The zero-order valence-electron chi connectivity index (χ0n) is 15.3. The minimum Gasteiger partial charge on any atom is -0.758 e. The molecule has 0 amide bonds. The summed E-state index contributed by atoms with van der Waals surface area (Å²) in [6.45, 7) is -0.00958. The average molecular weight is 412 g/mol. The topological polar surface area (TPSA) is 53.5 Å². The van der Waals surface area contributed by atoms with Crippen molar-refractivity contribution in [3.8, 4) is 0 Å². The predicted octanol–water partition coefficient (Wildman–Crippen LogP) is 3.31. The summed E-state index contributed by atoms with van der Waals surface area (Å²) in [5, 5.41) is 9.54. The van der Waals surface area contributed by atoms with Crippen LogP contribution < -0.4 is 4.57 Å².